The Bertz CT molecular complexity index is 1890. The predicted molar refractivity (Wildman–Crippen MR) is 184 cm³/mol. The molecule has 270 valence electrons. The molecule has 0 aliphatic carbocycles. The lowest BCUT2D eigenvalue weighted by molar-refractivity contribution is -0.394. The van der Waals surface area contributed by atoms with Gasteiger partial charge >= 0.3 is 17.7 Å². The van der Waals surface area contributed by atoms with Crippen molar-refractivity contribution in [2.45, 2.75) is 33.0 Å². The summed E-state index contributed by atoms with van der Waals surface area (Å²) in [7, 11) is 1.24. The highest BCUT2D eigenvalue weighted by Crippen LogP contribution is 2.43. The number of esters is 1. The summed E-state index contributed by atoms with van der Waals surface area (Å²) < 4.78 is 28.2. The quantitative estimate of drug-likeness (QED) is 0.0495. The van der Waals surface area contributed by atoms with Crippen LogP contribution in [0, 0.1) is 20.2 Å². The van der Waals surface area contributed by atoms with Gasteiger partial charge in [0.05, 0.1) is 58.5 Å². The number of non-ortho nitro benzene ring substituents is 1. The van der Waals surface area contributed by atoms with Gasteiger partial charge in [0.2, 0.25) is 5.75 Å². The average molecular weight is 774 g/mol. The van der Waals surface area contributed by atoms with Crippen LogP contribution < -0.4 is 35.0 Å². The van der Waals surface area contributed by atoms with Crippen LogP contribution in [0.5, 0.6) is 28.7 Å². The van der Waals surface area contributed by atoms with Crippen LogP contribution in [-0.4, -0.2) is 66.3 Å². The van der Waals surface area contributed by atoms with Crippen molar-refractivity contribution in [3.8, 4) is 28.7 Å². The SMILES string of the molecule is CCOc1cc([C@H]2NC(=O)NC(C)=C2C(=O)OC)ccc1OC[C@@H](O)N/N=C/c1cc(Br)c(Oc2ccc([N+](=O)[O-])cc2[N+](=O)[O-])c(OCC)c1. The van der Waals surface area contributed by atoms with Gasteiger partial charge in [0.1, 0.15) is 6.61 Å². The molecule has 18 nitrogen and oxygen atoms in total. The van der Waals surface area contributed by atoms with Crippen LogP contribution in [0.25, 0.3) is 0 Å². The zero-order valence-corrected chi connectivity index (χ0v) is 29.2. The number of methoxy groups -OCH3 is 1. The smallest absolute Gasteiger partial charge is 0.337 e. The maximum Gasteiger partial charge on any atom is 0.337 e. The summed E-state index contributed by atoms with van der Waals surface area (Å²) >= 11 is 3.37. The Balaban J connectivity index is 1.46. The third-order valence-corrected chi connectivity index (χ3v) is 7.59. The van der Waals surface area contributed by atoms with E-state index in [0.29, 0.717) is 27.0 Å². The molecule has 4 rings (SSSR count). The second-order valence-electron chi connectivity index (χ2n) is 10.4. The lowest BCUT2D eigenvalue weighted by Gasteiger charge is -2.28. The molecule has 2 amide bonds. The molecule has 0 radical (unpaired) electrons. The van der Waals surface area contributed by atoms with E-state index in [-0.39, 0.29) is 48.4 Å². The summed E-state index contributed by atoms with van der Waals surface area (Å²) in [6.07, 6.45) is 0.0900. The number of ether oxygens (including phenoxy) is 5. The highest BCUT2D eigenvalue weighted by molar-refractivity contribution is 9.10. The molecule has 0 spiro atoms. The molecular formula is C32H33BrN6O12. The number of nitro benzene ring substituents is 2. The topological polar surface area (TPSA) is 235 Å². The highest BCUT2D eigenvalue weighted by Gasteiger charge is 2.32. The molecule has 0 saturated heterocycles. The number of hydrogen-bond acceptors (Lipinski definition) is 14. The highest BCUT2D eigenvalue weighted by atomic mass is 79.9. The standard InChI is InChI=1S/C32H33BrN6O12/c1-5-48-25-13-19(29-28(31(41)47-4)17(3)35-32(42)36-29)7-9-24(25)50-16-27(40)37-34-15-18-11-21(33)30(26(12-18)49-6-2)51-23-10-8-20(38(43)44)14-22(23)39(45)46/h7-15,27,29,37,40H,5-6,16H2,1-4H3,(H2,35,36,42)/b34-15+/t27-,29-/m1/s1. The summed E-state index contributed by atoms with van der Waals surface area (Å²) in [6.45, 7) is 5.30. The minimum absolute atomic E-state index is 0.0821. The molecule has 0 bridgehead atoms. The Labute approximate surface area is 298 Å². The van der Waals surface area contributed by atoms with Crippen molar-refractivity contribution in [1.82, 2.24) is 16.1 Å². The van der Waals surface area contributed by atoms with E-state index in [0.717, 1.165) is 18.2 Å². The zero-order chi connectivity index (χ0) is 37.2. The van der Waals surface area contributed by atoms with E-state index in [1.807, 2.05) is 0 Å². The van der Waals surface area contributed by atoms with Crippen LogP contribution in [0.1, 0.15) is 37.9 Å². The lowest BCUT2D eigenvalue weighted by Crippen LogP contribution is -2.45. The molecule has 0 unspecified atom stereocenters. The second kappa shape index (κ2) is 17.1. The molecule has 0 aromatic heterocycles. The fraction of sp³-hybridized carbons (Fsp3) is 0.281. The van der Waals surface area contributed by atoms with E-state index >= 15 is 0 Å². The van der Waals surface area contributed by atoms with Gasteiger partial charge in [0.15, 0.2) is 29.2 Å². The molecule has 1 aliphatic rings. The number of rotatable bonds is 16. The van der Waals surface area contributed by atoms with Gasteiger partial charge in [-0.3, -0.25) is 25.7 Å². The van der Waals surface area contributed by atoms with Crippen molar-refractivity contribution < 1.29 is 48.2 Å². The Morgan fingerprint density at radius 1 is 1.02 bits per heavy atom. The molecule has 51 heavy (non-hydrogen) atoms. The number of carbonyl (C=O) groups is 2. The largest absolute Gasteiger partial charge is 0.490 e. The van der Waals surface area contributed by atoms with Crippen molar-refractivity contribution in [3.63, 3.8) is 0 Å². The van der Waals surface area contributed by atoms with Gasteiger partial charge < -0.3 is 39.4 Å². The van der Waals surface area contributed by atoms with E-state index in [2.05, 4.69) is 37.1 Å². The number of aliphatic hydroxyl groups excluding tert-OH is 1. The number of allylic oxidation sites excluding steroid dienone is 1. The number of halogens is 1. The van der Waals surface area contributed by atoms with Gasteiger partial charge in [-0.1, -0.05) is 6.07 Å². The molecule has 4 N–H and O–H groups in total. The minimum Gasteiger partial charge on any atom is -0.490 e. The fourth-order valence-electron chi connectivity index (χ4n) is 4.80. The fourth-order valence-corrected chi connectivity index (χ4v) is 5.34. The van der Waals surface area contributed by atoms with Crippen molar-refractivity contribution in [2.75, 3.05) is 26.9 Å². The summed E-state index contributed by atoms with van der Waals surface area (Å²) in [4.78, 5) is 45.8. The van der Waals surface area contributed by atoms with E-state index < -0.39 is 45.5 Å². The van der Waals surface area contributed by atoms with Crippen molar-refractivity contribution in [1.29, 1.82) is 0 Å². The van der Waals surface area contributed by atoms with E-state index in [1.54, 1.807) is 45.0 Å². The zero-order valence-electron chi connectivity index (χ0n) is 27.6. The van der Waals surface area contributed by atoms with Gasteiger partial charge in [0, 0.05) is 11.8 Å². The van der Waals surface area contributed by atoms with E-state index in [4.69, 9.17) is 23.7 Å². The van der Waals surface area contributed by atoms with Gasteiger partial charge in [0.25, 0.3) is 5.69 Å². The van der Waals surface area contributed by atoms with Crippen molar-refractivity contribution in [3.05, 3.63) is 95.6 Å². The monoisotopic (exact) mass is 772 g/mol. The lowest BCUT2D eigenvalue weighted by atomic mass is 9.95. The van der Waals surface area contributed by atoms with Gasteiger partial charge in [-0.25, -0.2) is 9.59 Å². The first-order chi connectivity index (χ1) is 24.4. The van der Waals surface area contributed by atoms with Gasteiger partial charge in [-0.2, -0.15) is 5.10 Å². The molecule has 0 fully saturated rings. The van der Waals surface area contributed by atoms with Crippen LogP contribution in [0.4, 0.5) is 16.2 Å². The molecule has 1 heterocycles. The Hall–Kier alpha value is -5.95. The first kappa shape index (κ1) is 37.9. The summed E-state index contributed by atoms with van der Waals surface area (Å²) in [5.74, 6) is -0.00661. The molecule has 19 heteroatoms. The van der Waals surface area contributed by atoms with Crippen LogP contribution >= 0.6 is 15.9 Å². The number of amides is 2. The molecular weight excluding hydrogens is 740 g/mol. The predicted octanol–water partition coefficient (Wildman–Crippen LogP) is 4.98. The van der Waals surface area contributed by atoms with E-state index in [9.17, 15) is 34.9 Å². The van der Waals surface area contributed by atoms with Crippen LogP contribution in [0.15, 0.2) is 69.4 Å². The second-order valence-corrected chi connectivity index (χ2v) is 11.3. The minimum atomic E-state index is -1.28. The number of nitrogens with zero attached hydrogens (tertiary/aromatic N) is 3. The number of urea groups is 1. The third kappa shape index (κ3) is 9.40. The first-order valence-electron chi connectivity index (χ1n) is 15.2. The van der Waals surface area contributed by atoms with Gasteiger partial charge in [-0.05, 0) is 78.2 Å². The average Bonchev–Trinajstić information content (AvgIpc) is 3.08. The Morgan fingerprint density at radius 3 is 2.39 bits per heavy atom. The summed E-state index contributed by atoms with van der Waals surface area (Å²) in [5.41, 5.74) is 3.05. The summed E-state index contributed by atoms with van der Waals surface area (Å²) in [6, 6.07) is 9.66. The number of nitrogens with one attached hydrogen (secondary N) is 3. The van der Waals surface area contributed by atoms with Crippen molar-refractivity contribution >= 4 is 45.5 Å². The number of benzene rings is 3. The van der Waals surface area contributed by atoms with E-state index in [1.165, 1.54) is 19.4 Å². The Kier molecular flexibility index (Phi) is 12.7. The molecule has 2 atom stereocenters. The Morgan fingerprint density at radius 2 is 1.73 bits per heavy atom. The molecule has 3 aromatic carbocycles. The first-order valence-corrected chi connectivity index (χ1v) is 16.0. The van der Waals surface area contributed by atoms with Crippen LogP contribution in [-0.2, 0) is 9.53 Å². The summed E-state index contributed by atoms with van der Waals surface area (Å²) in [5, 5.41) is 42.5. The number of hydrogen-bond donors (Lipinski definition) is 4. The molecule has 1 aliphatic heterocycles. The third-order valence-electron chi connectivity index (χ3n) is 7.00. The normalized spacial score (nSPS) is 14.6. The van der Waals surface area contributed by atoms with Gasteiger partial charge in [-0.15, -0.1) is 0 Å². The number of hydrazone groups is 1. The van der Waals surface area contributed by atoms with Crippen LogP contribution in [0.3, 0.4) is 0 Å². The molecule has 0 saturated carbocycles. The number of carbonyl (C=O) groups excluding carboxylic acids is 2. The number of nitro groups is 2. The number of aliphatic hydroxyl groups is 1. The maximum absolute atomic E-state index is 12.5. The van der Waals surface area contributed by atoms with Crippen molar-refractivity contribution in [2.24, 2.45) is 5.10 Å². The maximum atomic E-state index is 12.5. The molecule has 3 aromatic rings. The van der Waals surface area contributed by atoms with Crippen LogP contribution in [0.2, 0.25) is 0 Å².